The Morgan fingerprint density at radius 3 is 2.80 bits per heavy atom. The number of nitrogens with zero attached hydrogens (tertiary/aromatic N) is 5. The van der Waals surface area contributed by atoms with Gasteiger partial charge < -0.3 is 10.1 Å². The van der Waals surface area contributed by atoms with Crippen LogP contribution in [0.25, 0.3) is 22.3 Å². The van der Waals surface area contributed by atoms with Crippen molar-refractivity contribution in [2.45, 2.75) is 39.0 Å². The van der Waals surface area contributed by atoms with E-state index in [1.807, 2.05) is 0 Å². The summed E-state index contributed by atoms with van der Waals surface area (Å²) in [5, 5.41) is 6.58. The minimum Gasteiger partial charge on any atom is -0.473 e. The van der Waals surface area contributed by atoms with Crippen LogP contribution in [-0.4, -0.2) is 49.3 Å². The zero-order valence-corrected chi connectivity index (χ0v) is 15.8. The summed E-state index contributed by atoms with van der Waals surface area (Å²) in [4.78, 5) is 19.8. The molecule has 8 nitrogen and oxygen atoms in total. The van der Waals surface area contributed by atoms with Gasteiger partial charge >= 0.3 is 6.55 Å². The second-order valence-corrected chi connectivity index (χ2v) is 7.04. The van der Waals surface area contributed by atoms with Crippen LogP contribution in [0.2, 0.25) is 0 Å². The third kappa shape index (κ3) is 3.94. The lowest BCUT2D eigenvalue weighted by Gasteiger charge is -2.20. The van der Waals surface area contributed by atoms with Crippen LogP contribution in [0.4, 0.5) is 17.6 Å². The molecule has 30 heavy (non-hydrogen) atoms. The summed E-state index contributed by atoms with van der Waals surface area (Å²) in [7, 11) is 0. The van der Waals surface area contributed by atoms with E-state index in [0.717, 1.165) is 11.0 Å². The number of imidazole rings is 1. The highest BCUT2D eigenvalue weighted by atomic mass is 19.3. The van der Waals surface area contributed by atoms with Crippen molar-refractivity contribution < 1.29 is 27.1 Å². The number of halogens is 4. The molecule has 0 unspecified atom stereocenters. The number of alkyl halides is 4. The SMILES string of the molecule is C[C@@H](Oc1nc(-c2cnn(CC(F)F)c2)cc2ncn(C(F)F)c12)[C@H]1CNC(=O)C1. The number of aromatic nitrogens is 5. The molecule has 0 radical (unpaired) electrons. The Labute approximate surface area is 167 Å². The molecule has 160 valence electrons. The first-order chi connectivity index (χ1) is 14.3. The number of hydrogen-bond acceptors (Lipinski definition) is 5. The number of nitrogens with one attached hydrogen (secondary N) is 1. The first-order valence-corrected chi connectivity index (χ1v) is 9.22. The Morgan fingerprint density at radius 1 is 1.33 bits per heavy atom. The van der Waals surface area contributed by atoms with Gasteiger partial charge in [-0.2, -0.15) is 13.9 Å². The maximum atomic E-state index is 13.4. The van der Waals surface area contributed by atoms with Gasteiger partial charge in [-0.3, -0.25) is 14.0 Å². The maximum Gasteiger partial charge on any atom is 0.320 e. The van der Waals surface area contributed by atoms with Crippen LogP contribution in [0, 0.1) is 5.92 Å². The Kier molecular flexibility index (Phi) is 5.31. The number of rotatable bonds is 7. The molecule has 3 aromatic heterocycles. The van der Waals surface area contributed by atoms with Crippen LogP contribution in [0.15, 0.2) is 24.8 Å². The van der Waals surface area contributed by atoms with Gasteiger partial charge in [0.1, 0.15) is 24.5 Å². The van der Waals surface area contributed by atoms with Gasteiger partial charge in [0.2, 0.25) is 11.8 Å². The summed E-state index contributed by atoms with van der Waals surface area (Å²) in [6.45, 7) is -1.29. The summed E-state index contributed by atoms with van der Waals surface area (Å²) < 4.78 is 59.7. The quantitative estimate of drug-likeness (QED) is 0.587. The number of carbonyl (C=O) groups is 1. The third-order valence-electron chi connectivity index (χ3n) is 4.95. The average molecular weight is 426 g/mol. The van der Waals surface area contributed by atoms with E-state index in [4.69, 9.17) is 4.74 Å². The van der Waals surface area contributed by atoms with Gasteiger partial charge in [0.15, 0.2) is 0 Å². The first-order valence-electron chi connectivity index (χ1n) is 9.22. The number of pyridine rings is 1. The molecule has 0 aromatic carbocycles. The van der Waals surface area contributed by atoms with E-state index in [0.29, 0.717) is 22.4 Å². The molecule has 3 aromatic rings. The second kappa shape index (κ2) is 7.92. The molecule has 0 aliphatic carbocycles. The fourth-order valence-electron chi connectivity index (χ4n) is 3.37. The molecular formula is C18H18F4N6O2. The minimum atomic E-state index is -2.86. The van der Waals surface area contributed by atoms with Crippen molar-refractivity contribution in [3.05, 3.63) is 24.8 Å². The van der Waals surface area contributed by atoms with Crippen molar-refractivity contribution in [3.8, 4) is 17.1 Å². The summed E-state index contributed by atoms with van der Waals surface area (Å²) in [5.74, 6) is -0.324. The standard InChI is InChI=1S/C18H18F4N6O2/c1-9(10-2-15(29)23-4-10)30-17-16-13(24-8-28(16)18(21)22)3-12(26-17)11-5-25-27(6-11)7-14(19)20/h3,5-6,8-10,14,18H,2,4,7H2,1H3,(H,23,29)/t9-,10-/m1/s1. The van der Waals surface area contributed by atoms with E-state index in [9.17, 15) is 22.4 Å². The van der Waals surface area contributed by atoms with Gasteiger partial charge in [0, 0.05) is 30.6 Å². The predicted octanol–water partition coefficient (Wildman–Crippen LogP) is 2.86. The molecule has 1 aliphatic rings. The Hall–Kier alpha value is -3.18. The van der Waals surface area contributed by atoms with Gasteiger partial charge in [-0.25, -0.2) is 18.7 Å². The molecular weight excluding hydrogens is 408 g/mol. The molecule has 1 amide bonds. The average Bonchev–Trinajstić information content (AvgIpc) is 3.40. The fourth-order valence-corrected chi connectivity index (χ4v) is 3.37. The topological polar surface area (TPSA) is 86.9 Å². The molecule has 0 spiro atoms. The van der Waals surface area contributed by atoms with Crippen molar-refractivity contribution in [2.24, 2.45) is 5.92 Å². The highest BCUT2D eigenvalue weighted by molar-refractivity contribution is 5.84. The summed E-state index contributed by atoms with van der Waals surface area (Å²) in [6.07, 6.45) is 0.928. The van der Waals surface area contributed by atoms with Crippen molar-refractivity contribution in [1.29, 1.82) is 0 Å². The van der Waals surface area contributed by atoms with Gasteiger partial charge in [-0.15, -0.1) is 0 Å². The highest BCUT2D eigenvalue weighted by Gasteiger charge is 2.29. The van der Waals surface area contributed by atoms with E-state index in [2.05, 4.69) is 20.4 Å². The van der Waals surface area contributed by atoms with Crippen molar-refractivity contribution in [3.63, 3.8) is 0 Å². The van der Waals surface area contributed by atoms with Gasteiger partial charge in [0.05, 0.1) is 17.4 Å². The van der Waals surface area contributed by atoms with E-state index >= 15 is 0 Å². The molecule has 0 bridgehead atoms. The lowest BCUT2D eigenvalue weighted by Crippen LogP contribution is -2.26. The number of hydrogen-bond donors (Lipinski definition) is 1. The van der Waals surface area contributed by atoms with Crippen LogP contribution in [0.5, 0.6) is 5.88 Å². The van der Waals surface area contributed by atoms with E-state index < -0.39 is 25.6 Å². The van der Waals surface area contributed by atoms with Crippen LogP contribution in [0.1, 0.15) is 19.9 Å². The van der Waals surface area contributed by atoms with E-state index in [1.54, 1.807) is 6.92 Å². The Morgan fingerprint density at radius 2 is 2.13 bits per heavy atom. The lowest BCUT2D eigenvalue weighted by molar-refractivity contribution is -0.119. The molecule has 4 rings (SSSR count). The first kappa shape index (κ1) is 20.1. The van der Waals surface area contributed by atoms with Gasteiger partial charge in [0.25, 0.3) is 6.43 Å². The predicted molar refractivity (Wildman–Crippen MR) is 97.2 cm³/mol. The van der Waals surface area contributed by atoms with Gasteiger partial charge in [-0.1, -0.05) is 0 Å². The number of ether oxygens (including phenoxy) is 1. The zero-order valence-electron chi connectivity index (χ0n) is 15.8. The number of fused-ring (bicyclic) bond motifs is 1. The summed E-state index contributed by atoms with van der Waals surface area (Å²) in [6, 6.07) is 1.47. The van der Waals surface area contributed by atoms with Crippen LogP contribution < -0.4 is 10.1 Å². The Balaban J connectivity index is 1.73. The van der Waals surface area contributed by atoms with Crippen LogP contribution >= 0.6 is 0 Å². The zero-order chi connectivity index (χ0) is 21.4. The maximum absolute atomic E-state index is 13.4. The molecule has 2 atom stereocenters. The van der Waals surface area contributed by atoms with E-state index in [1.165, 1.54) is 18.5 Å². The van der Waals surface area contributed by atoms with Crippen molar-refractivity contribution in [2.75, 3.05) is 6.54 Å². The van der Waals surface area contributed by atoms with Gasteiger partial charge in [-0.05, 0) is 13.0 Å². The Bertz CT molecular complexity index is 1070. The molecule has 1 fully saturated rings. The monoisotopic (exact) mass is 426 g/mol. The minimum absolute atomic E-state index is 0.0119. The van der Waals surface area contributed by atoms with Crippen molar-refractivity contribution >= 4 is 16.9 Å². The summed E-state index contributed by atoms with van der Waals surface area (Å²) in [5.41, 5.74) is 0.937. The fraction of sp³-hybridized carbons (Fsp3) is 0.444. The van der Waals surface area contributed by atoms with Crippen molar-refractivity contribution in [1.82, 2.24) is 29.6 Å². The smallest absolute Gasteiger partial charge is 0.320 e. The largest absolute Gasteiger partial charge is 0.473 e. The van der Waals surface area contributed by atoms with Crippen LogP contribution in [0.3, 0.4) is 0 Å². The third-order valence-corrected chi connectivity index (χ3v) is 4.95. The molecule has 1 aliphatic heterocycles. The molecule has 12 heteroatoms. The molecule has 1 saturated heterocycles. The summed E-state index contributed by atoms with van der Waals surface area (Å²) >= 11 is 0. The number of amides is 1. The normalized spacial score (nSPS) is 17.8. The molecule has 4 heterocycles. The molecule has 1 N–H and O–H groups in total. The molecule has 0 saturated carbocycles. The van der Waals surface area contributed by atoms with E-state index in [-0.39, 0.29) is 35.2 Å². The highest BCUT2D eigenvalue weighted by Crippen LogP contribution is 2.33. The lowest BCUT2D eigenvalue weighted by atomic mass is 10.0. The number of carbonyl (C=O) groups excluding carboxylic acids is 1. The second-order valence-electron chi connectivity index (χ2n) is 7.04. The van der Waals surface area contributed by atoms with Crippen LogP contribution in [-0.2, 0) is 11.3 Å².